The van der Waals surface area contributed by atoms with Gasteiger partial charge in [-0.05, 0) is 42.0 Å². The number of carbonyl (C=O) groups is 1. The molecular weight excluding hydrogens is 383 g/mol. The summed E-state index contributed by atoms with van der Waals surface area (Å²) in [6.45, 7) is 2.63. The van der Waals surface area contributed by atoms with Gasteiger partial charge >= 0.3 is 0 Å². The van der Waals surface area contributed by atoms with Gasteiger partial charge in [0.2, 0.25) is 5.91 Å². The minimum absolute atomic E-state index is 0.0545. The lowest BCUT2D eigenvalue weighted by molar-refractivity contribution is -0.130. The highest BCUT2D eigenvalue weighted by molar-refractivity contribution is 5.79. The molecule has 0 saturated carbocycles. The highest BCUT2D eigenvalue weighted by Gasteiger charge is 2.22. The average Bonchev–Trinajstić information content (AvgIpc) is 2.81. The van der Waals surface area contributed by atoms with Crippen molar-refractivity contribution < 1.29 is 13.9 Å². The molecule has 3 aromatic rings. The van der Waals surface area contributed by atoms with Crippen molar-refractivity contribution in [3.05, 3.63) is 72.0 Å². The molecule has 2 aromatic carbocycles. The van der Waals surface area contributed by atoms with Gasteiger partial charge in [0.15, 0.2) is 5.82 Å². The molecule has 0 spiro atoms. The van der Waals surface area contributed by atoms with Gasteiger partial charge in [-0.3, -0.25) is 4.79 Å². The Morgan fingerprint density at radius 2 is 1.70 bits per heavy atom. The number of nitrogens with zero attached hydrogens (tertiary/aromatic N) is 4. The van der Waals surface area contributed by atoms with E-state index < -0.39 is 0 Å². The Labute approximate surface area is 174 Å². The third-order valence-electron chi connectivity index (χ3n) is 5.26. The number of carbonyl (C=O) groups excluding carboxylic acids is 1. The molecule has 6 nitrogen and oxygen atoms in total. The van der Waals surface area contributed by atoms with E-state index in [2.05, 4.69) is 15.1 Å². The number of methoxy groups -OCH3 is 1. The van der Waals surface area contributed by atoms with E-state index in [1.807, 2.05) is 41.3 Å². The summed E-state index contributed by atoms with van der Waals surface area (Å²) < 4.78 is 18.4. The van der Waals surface area contributed by atoms with E-state index in [-0.39, 0.29) is 18.1 Å². The molecule has 0 unspecified atom stereocenters. The molecular formula is C23H23FN4O2. The predicted octanol–water partition coefficient (Wildman–Crippen LogP) is 3.18. The molecule has 1 fully saturated rings. The molecule has 4 rings (SSSR count). The van der Waals surface area contributed by atoms with Crippen LogP contribution >= 0.6 is 0 Å². The minimum Gasteiger partial charge on any atom is -0.496 e. The van der Waals surface area contributed by atoms with Crippen molar-refractivity contribution in [2.45, 2.75) is 6.42 Å². The molecule has 1 aromatic heterocycles. The number of halogens is 1. The number of benzene rings is 2. The minimum atomic E-state index is -0.294. The maximum Gasteiger partial charge on any atom is 0.227 e. The fraction of sp³-hybridized carbons (Fsp3) is 0.261. The molecule has 0 radical (unpaired) electrons. The molecule has 1 saturated heterocycles. The number of hydrogen-bond donors (Lipinski definition) is 0. The second kappa shape index (κ2) is 8.90. The Kier molecular flexibility index (Phi) is 5.88. The monoisotopic (exact) mass is 406 g/mol. The van der Waals surface area contributed by atoms with Gasteiger partial charge in [0.05, 0.1) is 19.2 Å². The number of para-hydroxylation sites is 1. The molecule has 0 atom stereocenters. The van der Waals surface area contributed by atoms with Gasteiger partial charge < -0.3 is 14.5 Å². The van der Waals surface area contributed by atoms with E-state index in [1.54, 1.807) is 19.2 Å². The van der Waals surface area contributed by atoms with Gasteiger partial charge in [-0.15, -0.1) is 10.2 Å². The van der Waals surface area contributed by atoms with Crippen molar-refractivity contribution in [2.24, 2.45) is 0 Å². The van der Waals surface area contributed by atoms with Gasteiger partial charge in [-0.2, -0.15) is 0 Å². The summed E-state index contributed by atoms with van der Waals surface area (Å²) in [7, 11) is 1.64. The summed E-state index contributed by atoms with van der Waals surface area (Å²) in [5.41, 5.74) is 2.47. The second-order valence-corrected chi connectivity index (χ2v) is 7.15. The number of aromatic nitrogens is 2. The van der Waals surface area contributed by atoms with Crippen LogP contribution in [0.1, 0.15) is 5.56 Å². The highest BCUT2D eigenvalue weighted by Crippen LogP contribution is 2.28. The first kappa shape index (κ1) is 19.8. The molecule has 1 aliphatic rings. The van der Waals surface area contributed by atoms with Crippen LogP contribution in [0.2, 0.25) is 0 Å². The van der Waals surface area contributed by atoms with Crippen molar-refractivity contribution in [3.63, 3.8) is 0 Å². The van der Waals surface area contributed by atoms with Gasteiger partial charge in [0, 0.05) is 31.7 Å². The molecule has 0 N–H and O–H groups in total. The summed E-state index contributed by atoms with van der Waals surface area (Å²) in [6, 6.07) is 17.7. The highest BCUT2D eigenvalue weighted by atomic mass is 19.1. The Morgan fingerprint density at radius 3 is 2.37 bits per heavy atom. The Bertz CT molecular complexity index is 1000. The van der Waals surface area contributed by atoms with E-state index in [1.165, 1.54) is 12.1 Å². The molecule has 0 bridgehead atoms. The van der Waals surface area contributed by atoms with Crippen LogP contribution in [0.15, 0.2) is 60.7 Å². The number of hydrogen-bond acceptors (Lipinski definition) is 5. The van der Waals surface area contributed by atoms with Crippen LogP contribution in [0, 0.1) is 5.82 Å². The van der Waals surface area contributed by atoms with Gasteiger partial charge in [0.25, 0.3) is 0 Å². The van der Waals surface area contributed by atoms with Crippen LogP contribution < -0.4 is 9.64 Å². The fourth-order valence-electron chi connectivity index (χ4n) is 3.57. The fourth-order valence-corrected chi connectivity index (χ4v) is 3.57. The first-order valence-corrected chi connectivity index (χ1v) is 9.88. The smallest absolute Gasteiger partial charge is 0.227 e. The van der Waals surface area contributed by atoms with Crippen molar-refractivity contribution in [3.8, 4) is 17.0 Å². The number of amides is 1. The van der Waals surface area contributed by atoms with Gasteiger partial charge in [0.1, 0.15) is 11.6 Å². The lowest BCUT2D eigenvalue weighted by Crippen LogP contribution is -2.49. The zero-order valence-electron chi connectivity index (χ0n) is 16.8. The topological polar surface area (TPSA) is 58.6 Å². The van der Waals surface area contributed by atoms with Gasteiger partial charge in [-0.25, -0.2) is 4.39 Å². The Hall–Kier alpha value is -3.48. The van der Waals surface area contributed by atoms with Crippen LogP contribution in [0.5, 0.6) is 5.75 Å². The van der Waals surface area contributed by atoms with Crippen LogP contribution in [0.3, 0.4) is 0 Å². The van der Waals surface area contributed by atoms with Crippen LogP contribution in [-0.4, -0.2) is 54.3 Å². The Balaban J connectivity index is 1.36. The van der Waals surface area contributed by atoms with Crippen LogP contribution in [0.25, 0.3) is 11.3 Å². The van der Waals surface area contributed by atoms with E-state index in [9.17, 15) is 9.18 Å². The SMILES string of the molecule is COc1ccccc1-c1ccc(N2CCN(C(=O)Cc3ccc(F)cc3)CC2)nn1. The van der Waals surface area contributed by atoms with E-state index in [0.717, 1.165) is 28.4 Å². The summed E-state index contributed by atoms with van der Waals surface area (Å²) in [5.74, 6) is 1.31. The zero-order chi connectivity index (χ0) is 20.9. The second-order valence-electron chi connectivity index (χ2n) is 7.15. The normalized spacial score (nSPS) is 13.9. The molecule has 30 heavy (non-hydrogen) atoms. The average molecular weight is 406 g/mol. The molecule has 2 heterocycles. The van der Waals surface area contributed by atoms with Crippen molar-refractivity contribution in [2.75, 3.05) is 38.2 Å². The lowest BCUT2D eigenvalue weighted by atomic mass is 10.1. The Morgan fingerprint density at radius 1 is 0.967 bits per heavy atom. The van der Waals surface area contributed by atoms with E-state index in [0.29, 0.717) is 26.2 Å². The summed E-state index contributed by atoms with van der Waals surface area (Å²) >= 11 is 0. The molecule has 154 valence electrons. The number of anilines is 1. The van der Waals surface area contributed by atoms with E-state index >= 15 is 0 Å². The number of ether oxygens (including phenoxy) is 1. The first-order chi connectivity index (χ1) is 14.6. The summed E-state index contributed by atoms with van der Waals surface area (Å²) in [5, 5.41) is 8.75. The standard InChI is InChI=1S/C23H23FN4O2/c1-30-21-5-3-2-4-19(21)20-10-11-22(26-25-20)27-12-14-28(15-13-27)23(29)16-17-6-8-18(24)9-7-17/h2-11H,12-16H2,1H3. The largest absolute Gasteiger partial charge is 0.496 e. The summed E-state index contributed by atoms with van der Waals surface area (Å²) in [4.78, 5) is 16.5. The molecule has 1 aliphatic heterocycles. The molecule has 1 amide bonds. The van der Waals surface area contributed by atoms with Gasteiger partial charge in [-0.1, -0.05) is 24.3 Å². The first-order valence-electron chi connectivity index (χ1n) is 9.88. The van der Waals surface area contributed by atoms with Crippen LogP contribution in [0.4, 0.5) is 10.2 Å². The maximum atomic E-state index is 13.0. The van der Waals surface area contributed by atoms with E-state index in [4.69, 9.17) is 4.74 Å². The van der Waals surface area contributed by atoms with Crippen molar-refractivity contribution in [1.82, 2.24) is 15.1 Å². The molecule has 0 aliphatic carbocycles. The molecule has 7 heteroatoms. The maximum absolute atomic E-state index is 13.0. The van der Waals surface area contributed by atoms with Crippen molar-refractivity contribution in [1.29, 1.82) is 0 Å². The third-order valence-corrected chi connectivity index (χ3v) is 5.26. The van der Waals surface area contributed by atoms with Crippen LogP contribution in [-0.2, 0) is 11.2 Å². The zero-order valence-corrected chi connectivity index (χ0v) is 16.8. The number of rotatable bonds is 5. The lowest BCUT2D eigenvalue weighted by Gasteiger charge is -2.35. The quantitative estimate of drug-likeness (QED) is 0.651. The van der Waals surface area contributed by atoms with Crippen molar-refractivity contribution >= 4 is 11.7 Å². The third kappa shape index (κ3) is 4.40. The number of piperazine rings is 1. The predicted molar refractivity (Wildman–Crippen MR) is 113 cm³/mol. The summed E-state index contributed by atoms with van der Waals surface area (Å²) in [6.07, 6.45) is 0.285.